The summed E-state index contributed by atoms with van der Waals surface area (Å²) in [6.45, 7) is 1.06. The van der Waals surface area contributed by atoms with Crippen molar-refractivity contribution in [3.63, 3.8) is 0 Å². The van der Waals surface area contributed by atoms with Crippen LogP contribution in [0.1, 0.15) is 9.67 Å². The van der Waals surface area contributed by atoms with Gasteiger partial charge in [-0.25, -0.2) is 4.39 Å². The smallest absolute Gasteiger partial charge is 0.263 e. The summed E-state index contributed by atoms with van der Waals surface area (Å²) in [7, 11) is 0. The Morgan fingerprint density at radius 3 is 2.94 bits per heavy atom. The van der Waals surface area contributed by atoms with Crippen molar-refractivity contribution >= 4 is 38.9 Å². The van der Waals surface area contributed by atoms with Gasteiger partial charge in [0.05, 0.1) is 24.3 Å². The second kappa shape index (κ2) is 4.50. The number of ether oxygens (including phenoxy) is 1. The Kier molecular flexibility index (Phi) is 2.97. The molecule has 0 aliphatic carbocycles. The predicted molar refractivity (Wildman–Crippen MR) is 68.9 cm³/mol. The van der Waals surface area contributed by atoms with E-state index in [1.165, 1.54) is 23.5 Å². The first-order valence-electron chi connectivity index (χ1n) is 5.41. The van der Waals surface area contributed by atoms with Gasteiger partial charge in [0.1, 0.15) is 10.7 Å². The van der Waals surface area contributed by atoms with Crippen molar-refractivity contribution in [3.05, 3.63) is 33.9 Å². The number of hydrogen-bond acceptors (Lipinski definition) is 3. The van der Waals surface area contributed by atoms with E-state index in [4.69, 9.17) is 16.3 Å². The molecule has 6 heteroatoms. The predicted octanol–water partition coefficient (Wildman–Crippen LogP) is 2.82. The van der Waals surface area contributed by atoms with Crippen LogP contribution in [0.25, 0.3) is 10.1 Å². The Labute approximate surface area is 112 Å². The number of halogens is 2. The maximum Gasteiger partial charge on any atom is 0.263 e. The Hall–Kier alpha value is -1.17. The molecule has 1 aromatic carbocycles. The molecule has 0 radical (unpaired) electrons. The molecular formula is C12H9ClFNO2S. The van der Waals surface area contributed by atoms with Crippen LogP contribution in [0.2, 0.25) is 5.02 Å². The van der Waals surface area contributed by atoms with E-state index in [1.54, 1.807) is 6.07 Å². The zero-order chi connectivity index (χ0) is 12.7. The van der Waals surface area contributed by atoms with E-state index in [9.17, 15) is 9.18 Å². The van der Waals surface area contributed by atoms with Crippen LogP contribution in [0.5, 0.6) is 0 Å². The van der Waals surface area contributed by atoms with Gasteiger partial charge < -0.3 is 10.1 Å². The molecule has 1 aromatic heterocycles. The minimum atomic E-state index is -0.334. The van der Waals surface area contributed by atoms with Crippen LogP contribution in [0, 0.1) is 5.82 Å². The molecule has 3 nitrogen and oxygen atoms in total. The van der Waals surface area contributed by atoms with Gasteiger partial charge in [-0.1, -0.05) is 11.6 Å². The summed E-state index contributed by atoms with van der Waals surface area (Å²) in [5.41, 5.74) is 0. The lowest BCUT2D eigenvalue weighted by Gasteiger charge is -2.26. The van der Waals surface area contributed by atoms with E-state index in [0.717, 1.165) is 0 Å². The van der Waals surface area contributed by atoms with Gasteiger partial charge in [-0.2, -0.15) is 0 Å². The third kappa shape index (κ3) is 1.98. The zero-order valence-electron chi connectivity index (χ0n) is 9.20. The molecule has 0 unspecified atom stereocenters. The highest BCUT2D eigenvalue weighted by Gasteiger charge is 2.24. The van der Waals surface area contributed by atoms with Crippen molar-refractivity contribution in [3.8, 4) is 0 Å². The van der Waals surface area contributed by atoms with E-state index >= 15 is 0 Å². The molecule has 2 heterocycles. The molecule has 0 saturated carbocycles. The summed E-state index contributed by atoms with van der Waals surface area (Å²) in [4.78, 5) is 12.4. The monoisotopic (exact) mass is 285 g/mol. The molecule has 0 bridgehead atoms. The minimum Gasteiger partial charge on any atom is -0.377 e. The molecule has 0 atom stereocenters. The minimum absolute atomic E-state index is 0.0514. The van der Waals surface area contributed by atoms with Gasteiger partial charge in [0, 0.05) is 10.1 Å². The molecule has 1 saturated heterocycles. The van der Waals surface area contributed by atoms with Gasteiger partial charge in [-0.05, 0) is 18.2 Å². The third-order valence-electron chi connectivity index (χ3n) is 2.77. The van der Waals surface area contributed by atoms with Gasteiger partial charge in [0.15, 0.2) is 0 Å². The van der Waals surface area contributed by atoms with Crippen LogP contribution in [0.15, 0.2) is 18.2 Å². The Balaban J connectivity index is 1.95. The van der Waals surface area contributed by atoms with Gasteiger partial charge in [-0.3, -0.25) is 4.79 Å². The van der Waals surface area contributed by atoms with Crippen molar-refractivity contribution in [2.45, 2.75) is 6.04 Å². The summed E-state index contributed by atoms with van der Waals surface area (Å²) in [6, 6.07) is 4.36. The molecular weight excluding hydrogens is 277 g/mol. The van der Waals surface area contributed by atoms with Crippen molar-refractivity contribution in [2.24, 2.45) is 0 Å². The molecule has 2 aromatic rings. The fraction of sp³-hybridized carbons (Fsp3) is 0.250. The number of rotatable bonds is 2. The number of amides is 1. The van der Waals surface area contributed by atoms with Gasteiger partial charge in [-0.15, -0.1) is 11.3 Å². The van der Waals surface area contributed by atoms with Crippen molar-refractivity contribution < 1.29 is 13.9 Å². The highest BCUT2D eigenvalue weighted by atomic mass is 35.5. The Bertz CT molecular complexity index is 624. The summed E-state index contributed by atoms with van der Waals surface area (Å²) < 4.78 is 18.8. The molecule has 0 spiro atoms. The molecule has 1 fully saturated rings. The number of carbonyl (C=O) groups excluding carboxylic acids is 1. The maximum absolute atomic E-state index is 13.1. The number of thiophene rings is 1. The topological polar surface area (TPSA) is 38.3 Å². The van der Waals surface area contributed by atoms with Crippen LogP contribution in [-0.2, 0) is 4.74 Å². The van der Waals surface area contributed by atoms with Crippen LogP contribution >= 0.6 is 22.9 Å². The van der Waals surface area contributed by atoms with Crippen molar-refractivity contribution in [1.82, 2.24) is 5.32 Å². The first-order valence-corrected chi connectivity index (χ1v) is 6.61. The van der Waals surface area contributed by atoms with E-state index in [0.29, 0.717) is 33.2 Å². The largest absolute Gasteiger partial charge is 0.377 e. The summed E-state index contributed by atoms with van der Waals surface area (Å²) in [5, 5.41) is 3.91. The van der Waals surface area contributed by atoms with Crippen LogP contribution in [0.3, 0.4) is 0 Å². The van der Waals surface area contributed by atoms with Crippen LogP contribution in [0.4, 0.5) is 4.39 Å². The molecule has 94 valence electrons. The second-order valence-corrected chi connectivity index (χ2v) is 5.52. The van der Waals surface area contributed by atoms with E-state index in [1.807, 2.05) is 0 Å². The van der Waals surface area contributed by atoms with Crippen molar-refractivity contribution in [1.29, 1.82) is 0 Å². The standard InChI is InChI=1S/C12H9ClFNO2S/c13-10-8-2-1-6(14)3-9(8)18-11(10)12(16)15-7-4-17-5-7/h1-3,7H,4-5H2,(H,15,16). The highest BCUT2D eigenvalue weighted by Crippen LogP contribution is 2.35. The lowest BCUT2D eigenvalue weighted by molar-refractivity contribution is -0.00338. The van der Waals surface area contributed by atoms with Gasteiger partial charge >= 0.3 is 0 Å². The number of nitrogens with one attached hydrogen (secondary N) is 1. The summed E-state index contributed by atoms with van der Waals surface area (Å²) in [6.07, 6.45) is 0. The van der Waals surface area contributed by atoms with Crippen LogP contribution in [-0.4, -0.2) is 25.2 Å². The Morgan fingerprint density at radius 1 is 1.50 bits per heavy atom. The molecule has 1 aliphatic heterocycles. The average Bonchev–Trinajstić information content (AvgIpc) is 2.60. The molecule has 3 rings (SSSR count). The molecule has 18 heavy (non-hydrogen) atoms. The molecule has 1 N–H and O–H groups in total. The van der Waals surface area contributed by atoms with E-state index in [-0.39, 0.29) is 17.8 Å². The van der Waals surface area contributed by atoms with Crippen molar-refractivity contribution in [2.75, 3.05) is 13.2 Å². The lowest BCUT2D eigenvalue weighted by atomic mass is 10.2. The van der Waals surface area contributed by atoms with E-state index < -0.39 is 0 Å². The summed E-state index contributed by atoms with van der Waals surface area (Å²) >= 11 is 7.34. The normalized spacial score (nSPS) is 15.7. The molecule has 1 aliphatic rings. The van der Waals surface area contributed by atoms with Gasteiger partial charge in [0.2, 0.25) is 0 Å². The molecule has 1 amide bonds. The zero-order valence-corrected chi connectivity index (χ0v) is 10.8. The van der Waals surface area contributed by atoms with E-state index in [2.05, 4.69) is 5.32 Å². The number of hydrogen-bond donors (Lipinski definition) is 1. The third-order valence-corrected chi connectivity index (χ3v) is 4.43. The SMILES string of the molecule is O=C(NC1COC1)c1sc2cc(F)ccc2c1Cl. The Morgan fingerprint density at radius 2 is 2.28 bits per heavy atom. The summed E-state index contributed by atoms with van der Waals surface area (Å²) in [5.74, 6) is -0.560. The van der Waals surface area contributed by atoms with Crippen LogP contribution < -0.4 is 5.32 Å². The fourth-order valence-corrected chi connectivity index (χ4v) is 3.20. The first kappa shape index (κ1) is 11.9. The fourth-order valence-electron chi connectivity index (χ4n) is 1.76. The number of benzene rings is 1. The first-order chi connectivity index (χ1) is 8.65. The van der Waals surface area contributed by atoms with Gasteiger partial charge in [0.25, 0.3) is 5.91 Å². The highest BCUT2D eigenvalue weighted by molar-refractivity contribution is 7.21. The number of carbonyl (C=O) groups is 1. The lowest BCUT2D eigenvalue weighted by Crippen LogP contribution is -2.48. The average molecular weight is 286 g/mol. The quantitative estimate of drug-likeness (QED) is 0.921. The number of fused-ring (bicyclic) bond motifs is 1. The second-order valence-electron chi connectivity index (χ2n) is 4.09. The maximum atomic E-state index is 13.1.